The Bertz CT molecular complexity index is 814. The molecule has 0 fully saturated rings. The SMILES string of the molecule is Nc1cc(-c2ccc(NC(=O)CCc3ccccc3)cc2)ccn1. The molecule has 4 nitrogen and oxygen atoms in total. The molecule has 0 aliphatic heterocycles. The second-order valence-electron chi connectivity index (χ2n) is 5.58. The van der Waals surface area contributed by atoms with Gasteiger partial charge in [-0.25, -0.2) is 4.98 Å². The van der Waals surface area contributed by atoms with Crippen LogP contribution < -0.4 is 11.1 Å². The molecule has 0 radical (unpaired) electrons. The number of hydrogen-bond donors (Lipinski definition) is 2. The predicted molar refractivity (Wildman–Crippen MR) is 97.5 cm³/mol. The van der Waals surface area contributed by atoms with Crippen LogP contribution >= 0.6 is 0 Å². The smallest absolute Gasteiger partial charge is 0.224 e. The molecule has 0 saturated carbocycles. The predicted octanol–water partition coefficient (Wildman–Crippen LogP) is 3.90. The van der Waals surface area contributed by atoms with Crippen LogP contribution in [0.15, 0.2) is 72.9 Å². The second kappa shape index (κ2) is 7.42. The first kappa shape index (κ1) is 15.7. The van der Waals surface area contributed by atoms with Gasteiger partial charge in [0.2, 0.25) is 5.91 Å². The summed E-state index contributed by atoms with van der Waals surface area (Å²) in [5, 5.41) is 2.93. The third-order valence-corrected chi connectivity index (χ3v) is 3.77. The van der Waals surface area contributed by atoms with E-state index in [-0.39, 0.29) is 5.91 Å². The summed E-state index contributed by atoms with van der Waals surface area (Å²) in [6.45, 7) is 0. The second-order valence-corrected chi connectivity index (χ2v) is 5.58. The highest BCUT2D eigenvalue weighted by molar-refractivity contribution is 5.91. The molecule has 0 atom stereocenters. The van der Waals surface area contributed by atoms with Gasteiger partial charge in [0.15, 0.2) is 0 Å². The van der Waals surface area contributed by atoms with E-state index in [0.29, 0.717) is 12.2 Å². The third kappa shape index (κ3) is 4.20. The van der Waals surface area contributed by atoms with Gasteiger partial charge in [-0.15, -0.1) is 0 Å². The maximum atomic E-state index is 12.0. The number of hydrogen-bond acceptors (Lipinski definition) is 3. The van der Waals surface area contributed by atoms with E-state index in [1.54, 1.807) is 6.20 Å². The van der Waals surface area contributed by atoms with Crippen molar-refractivity contribution in [2.75, 3.05) is 11.1 Å². The number of nitrogens with two attached hydrogens (primary N) is 1. The zero-order chi connectivity index (χ0) is 16.8. The summed E-state index contributed by atoms with van der Waals surface area (Å²) < 4.78 is 0. The monoisotopic (exact) mass is 317 g/mol. The maximum Gasteiger partial charge on any atom is 0.224 e. The molecule has 1 amide bonds. The van der Waals surface area contributed by atoms with Crippen molar-refractivity contribution >= 4 is 17.4 Å². The molecule has 24 heavy (non-hydrogen) atoms. The van der Waals surface area contributed by atoms with E-state index in [0.717, 1.165) is 23.2 Å². The number of pyridine rings is 1. The lowest BCUT2D eigenvalue weighted by Crippen LogP contribution is -2.12. The fraction of sp³-hybridized carbons (Fsp3) is 0.100. The third-order valence-electron chi connectivity index (χ3n) is 3.77. The van der Waals surface area contributed by atoms with Gasteiger partial charge in [-0.1, -0.05) is 42.5 Å². The maximum absolute atomic E-state index is 12.0. The number of carbonyl (C=O) groups is 1. The van der Waals surface area contributed by atoms with Crippen molar-refractivity contribution in [3.8, 4) is 11.1 Å². The molecule has 2 aromatic carbocycles. The summed E-state index contributed by atoms with van der Waals surface area (Å²) >= 11 is 0. The van der Waals surface area contributed by atoms with Gasteiger partial charge in [-0.2, -0.15) is 0 Å². The lowest BCUT2D eigenvalue weighted by atomic mass is 10.1. The van der Waals surface area contributed by atoms with Crippen LogP contribution in [0.3, 0.4) is 0 Å². The Balaban J connectivity index is 1.58. The number of amides is 1. The first-order chi connectivity index (χ1) is 11.7. The minimum Gasteiger partial charge on any atom is -0.384 e. The van der Waals surface area contributed by atoms with Crippen molar-refractivity contribution in [3.63, 3.8) is 0 Å². The fourth-order valence-corrected chi connectivity index (χ4v) is 2.50. The van der Waals surface area contributed by atoms with E-state index in [4.69, 9.17) is 5.73 Å². The van der Waals surface area contributed by atoms with Gasteiger partial charge in [-0.05, 0) is 47.4 Å². The summed E-state index contributed by atoms with van der Waals surface area (Å²) in [7, 11) is 0. The number of nitrogens with zero attached hydrogens (tertiary/aromatic N) is 1. The van der Waals surface area contributed by atoms with Crippen molar-refractivity contribution in [1.82, 2.24) is 4.98 Å². The molecular formula is C20H19N3O. The average Bonchev–Trinajstić information content (AvgIpc) is 2.61. The van der Waals surface area contributed by atoms with Crippen LogP contribution in [0.2, 0.25) is 0 Å². The van der Waals surface area contributed by atoms with E-state index in [2.05, 4.69) is 10.3 Å². The molecule has 1 aromatic heterocycles. The van der Waals surface area contributed by atoms with Gasteiger partial charge in [-0.3, -0.25) is 4.79 Å². The lowest BCUT2D eigenvalue weighted by Gasteiger charge is -2.07. The van der Waals surface area contributed by atoms with Gasteiger partial charge in [0.1, 0.15) is 5.82 Å². The first-order valence-corrected chi connectivity index (χ1v) is 7.86. The van der Waals surface area contributed by atoms with Crippen LogP contribution in [0.5, 0.6) is 0 Å². The van der Waals surface area contributed by atoms with Gasteiger partial charge in [0.05, 0.1) is 0 Å². The Hall–Kier alpha value is -3.14. The van der Waals surface area contributed by atoms with E-state index in [1.807, 2.05) is 66.7 Å². The molecular weight excluding hydrogens is 298 g/mol. The Morgan fingerprint density at radius 2 is 1.71 bits per heavy atom. The van der Waals surface area contributed by atoms with Gasteiger partial charge >= 0.3 is 0 Å². The number of nitrogens with one attached hydrogen (secondary N) is 1. The summed E-state index contributed by atoms with van der Waals surface area (Å²) in [5.74, 6) is 0.505. The Morgan fingerprint density at radius 1 is 0.958 bits per heavy atom. The number of rotatable bonds is 5. The Labute approximate surface area is 141 Å². The number of aryl methyl sites for hydroxylation is 1. The van der Waals surface area contributed by atoms with Crippen LogP contribution in [0.25, 0.3) is 11.1 Å². The van der Waals surface area contributed by atoms with Gasteiger partial charge in [0.25, 0.3) is 0 Å². The first-order valence-electron chi connectivity index (χ1n) is 7.86. The molecule has 3 aromatic rings. The molecule has 1 heterocycles. The quantitative estimate of drug-likeness (QED) is 0.750. The minimum absolute atomic E-state index is 0.0137. The number of anilines is 2. The molecule has 120 valence electrons. The standard InChI is InChI=1S/C20H19N3O/c21-19-14-17(12-13-22-19)16-7-9-18(10-8-16)23-20(24)11-6-15-4-2-1-3-5-15/h1-5,7-10,12-14H,6,11H2,(H2,21,22)(H,23,24). The van der Waals surface area contributed by atoms with E-state index >= 15 is 0 Å². The molecule has 0 unspecified atom stereocenters. The van der Waals surface area contributed by atoms with Crippen molar-refractivity contribution in [1.29, 1.82) is 0 Å². The Morgan fingerprint density at radius 3 is 2.42 bits per heavy atom. The van der Waals surface area contributed by atoms with E-state index in [9.17, 15) is 4.79 Å². The zero-order valence-corrected chi connectivity index (χ0v) is 13.3. The highest BCUT2D eigenvalue weighted by atomic mass is 16.1. The van der Waals surface area contributed by atoms with Gasteiger partial charge < -0.3 is 11.1 Å². The Kier molecular flexibility index (Phi) is 4.87. The number of nitrogen functional groups attached to an aromatic ring is 1. The van der Waals surface area contributed by atoms with Crippen molar-refractivity contribution < 1.29 is 4.79 Å². The van der Waals surface area contributed by atoms with Crippen LogP contribution in [0.1, 0.15) is 12.0 Å². The molecule has 0 spiro atoms. The molecule has 3 N–H and O–H groups in total. The largest absolute Gasteiger partial charge is 0.384 e. The van der Waals surface area contributed by atoms with Crippen LogP contribution in [0.4, 0.5) is 11.5 Å². The number of aromatic nitrogens is 1. The van der Waals surface area contributed by atoms with Gasteiger partial charge in [0, 0.05) is 18.3 Å². The zero-order valence-electron chi connectivity index (χ0n) is 13.3. The van der Waals surface area contributed by atoms with Crippen LogP contribution in [-0.2, 0) is 11.2 Å². The normalized spacial score (nSPS) is 10.3. The molecule has 0 aliphatic rings. The van der Waals surface area contributed by atoms with Crippen LogP contribution in [0, 0.1) is 0 Å². The molecule has 3 rings (SSSR count). The van der Waals surface area contributed by atoms with Crippen molar-refractivity contribution in [3.05, 3.63) is 78.5 Å². The molecule has 4 heteroatoms. The number of carbonyl (C=O) groups excluding carboxylic acids is 1. The highest BCUT2D eigenvalue weighted by Gasteiger charge is 2.04. The summed E-state index contributed by atoms with van der Waals surface area (Å²) in [6.07, 6.45) is 2.89. The molecule has 0 aliphatic carbocycles. The van der Waals surface area contributed by atoms with E-state index < -0.39 is 0 Å². The van der Waals surface area contributed by atoms with E-state index in [1.165, 1.54) is 5.56 Å². The highest BCUT2D eigenvalue weighted by Crippen LogP contribution is 2.22. The van der Waals surface area contributed by atoms with Crippen molar-refractivity contribution in [2.45, 2.75) is 12.8 Å². The van der Waals surface area contributed by atoms with Crippen LogP contribution in [-0.4, -0.2) is 10.9 Å². The molecule has 0 bridgehead atoms. The lowest BCUT2D eigenvalue weighted by molar-refractivity contribution is -0.116. The molecule has 0 saturated heterocycles. The average molecular weight is 317 g/mol. The fourth-order valence-electron chi connectivity index (χ4n) is 2.50. The summed E-state index contributed by atoms with van der Waals surface area (Å²) in [5.41, 5.74) is 9.70. The van der Waals surface area contributed by atoms with Crippen molar-refractivity contribution in [2.24, 2.45) is 0 Å². The topological polar surface area (TPSA) is 68.0 Å². The minimum atomic E-state index is 0.0137. The summed E-state index contributed by atoms with van der Waals surface area (Å²) in [6, 6.07) is 21.4. The summed E-state index contributed by atoms with van der Waals surface area (Å²) in [4.78, 5) is 16.0. The number of benzene rings is 2.